The van der Waals surface area contributed by atoms with Crippen LogP contribution < -0.4 is 5.32 Å². The third-order valence-corrected chi connectivity index (χ3v) is 4.28. The van der Waals surface area contributed by atoms with Crippen molar-refractivity contribution in [3.63, 3.8) is 0 Å². The van der Waals surface area contributed by atoms with Crippen LogP contribution in [-0.4, -0.2) is 36.1 Å². The van der Waals surface area contributed by atoms with Gasteiger partial charge in [0.25, 0.3) is 0 Å². The molecule has 0 atom stereocenters. The van der Waals surface area contributed by atoms with Gasteiger partial charge in [0, 0.05) is 11.9 Å². The summed E-state index contributed by atoms with van der Waals surface area (Å²) in [6.07, 6.45) is 5.10. The van der Waals surface area contributed by atoms with Gasteiger partial charge in [-0.15, -0.1) is 11.3 Å². The Morgan fingerprint density at radius 2 is 2.24 bits per heavy atom. The van der Waals surface area contributed by atoms with Crippen molar-refractivity contribution in [2.75, 3.05) is 26.2 Å². The topological polar surface area (TPSA) is 28.2 Å². The highest BCUT2D eigenvalue weighted by Gasteiger charge is 2.09. The Morgan fingerprint density at radius 1 is 1.41 bits per heavy atom. The predicted octanol–water partition coefficient (Wildman–Crippen LogP) is 2.28. The summed E-state index contributed by atoms with van der Waals surface area (Å²) in [4.78, 5) is 7.12. The van der Waals surface area contributed by atoms with E-state index in [-0.39, 0.29) is 0 Å². The van der Waals surface area contributed by atoms with Crippen LogP contribution in [0.25, 0.3) is 0 Å². The first-order valence-electron chi connectivity index (χ1n) is 6.75. The van der Waals surface area contributed by atoms with Gasteiger partial charge in [-0.05, 0) is 51.9 Å². The lowest BCUT2D eigenvalue weighted by molar-refractivity contribution is 0.331. The SMILES string of the molecule is CCc1nc(CNCCCN2CCCC2)cs1. The summed E-state index contributed by atoms with van der Waals surface area (Å²) in [6.45, 7) is 8.07. The lowest BCUT2D eigenvalue weighted by atomic mass is 10.3. The van der Waals surface area contributed by atoms with Crippen LogP contribution in [0.2, 0.25) is 0 Å². The monoisotopic (exact) mass is 253 g/mol. The summed E-state index contributed by atoms with van der Waals surface area (Å²) in [5, 5.41) is 6.90. The second kappa shape index (κ2) is 7.09. The highest BCUT2D eigenvalue weighted by atomic mass is 32.1. The van der Waals surface area contributed by atoms with Gasteiger partial charge in [-0.3, -0.25) is 0 Å². The molecular formula is C13H23N3S. The van der Waals surface area contributed by atoms with Crippen LogP contribution in [0, 0.1) is 0 Å². The second-order valence-electron chi connectivity index (χ2n) is 4.67. The van der Waals surface area contributed by atoms with Crippen LogP contribution in [0.3, 0.4) is 0 Å². The lowest BCUT2D eigenvalue weighted by Crippen LogP contribution is -2.24. The van der Waals surface area contributed by atoms with Crippen molar-refractivity contribution in [2.45, 2.75) is 39.2 Å². The van der Waals surface area contributed by atoms with E-state index in [0.717, 1.165) is 19.5 Å². The largest absolute Gasteiger partial charge is 0.311 e. The first-order valence-corrected chi connectivity index (χ1v) is 7.63. The number of nitrogens with one attached hydrogen (secondary N) is 1. The molecule has 0 saturated carbocycles. The zero-order chi connectivity index (χ0) is 11.9. The van der Waals surface area contributed by atoms with E-state index in [2.05, 4.69) is 27.5 Å². The second-order valence-corrected chi connectivity index (χ2v) is 5.61. The fourth-order valence-corrected chi connectivity index (χ4v) is 2.99. The average molecular weight is 253 g/mol. The molecule has 0 spiro atoms. The number of nitrogens with zero attached hydrogens (tertiary/aromatic N) is 2. The van der Waals surface area contributed by atoms with Gasteiger partial charge in [0.05, 0.1) is 10.7 Å². The first kappa shape index (κ1) is 13.0. The summed E-state index contributed by atoms with van der Waals surface area (Å²) in [5.74, 6) is 0. The Morgan fingerprint density at radius 3 is 2.94 bits per heavy atom. The first-order chi connectivity index (χ1) is 8.38. The van der Waals surface area contributed by atoms with Gasteiger partial charge in [-0.1, -0.05) is 6.92 Å². The van der Waals surface area contributed by atoms with Crippen LogP contribution in [0.15, 0.2) is 5.38 Å². The summed E-state index contributed by atoms with van der Waals surface area (Å²) < 4.78 is 0. The molecule has 2 rings (SSSR count). The van der Waals surface area contributed by atoms with Crippen molar-refractivity contribution in [1.29, 1.82) is 0 Å². The van der Waals surface area contributed by atoms with Crippen molar-refractivity contribution in [2.24, 2.45) is 0 Å². The number of hydrogen-bond acceptors (Lipinski definition) is 4. The van der Waals surface area contributed by atoms with E-state index < -0.39 is 0 Å². The molecular weight excluding hydrogens is 230 g/mol. The number of rotatable bonds is 7. The normalized spacial score (nSPS) is 16.8. The minimum atomic E-state index is 0.927. The number of hydrogen-bond donors (Lipinski definition) is 1. The third-order valence-electron chi connectivity index (χ3n) is 3.23. The summed E-state index contributed by atoms with van der Waals surface area (Å²) in [6, 6.07) is 0. The van der Waals surface area contributed by atoms with E-state index in [1.165, 1.54) is 49.6 Å². The Bertz CT molecular complexity index is 318. The fraction of sp³-hybridized carbons (Fsp3) is 0.769. The quantitative estimate of drug-likeness (QED) is 0.756. The number of thiazole rings is 1. The molecule has 4 heteroatoms. The van der Waals surface area contributed by atoms with Crippen molar-refractivity contribution in [1.82, 2.24) is 15.2 Å². The molecule has 2 heterocycles. The Balaban J connectivity index is 1.53. The summed E-state index contributed by atoms with van der Waals surface area (Å²) in [7, 11) is 0. The summed E-state index contributed by atoms with van der Waals surface area (Å²) >= 11 is 1.77. The molecule has 1 aliphatic rings. The molecule has 0 aromatic carbocycles. The van der Waals surface area contributed by atoms with Gasteiger partial charge in [-0.25, -0.2) is 4.98 Å². The molecule has 1 N–H and O–H groups in total. The van der Waals surface area contributed by atoms with Gasteiger partial charge in [0.1, 0.15) is 0 Å². The van der Waals surface area contributed by atoms with E-state index in [9.17, 15) is 0 Å². The zero-order valence-electron chi connectivity index (χ0n) is 10.7. The molecule has 0 radical (unpaired) electrons. The van der Waals surface area contributed by atoms with E-state index >= 15 is 0 Å². The van der Waals surface area contributed by atoms with Crippen molar-refractivity contribution in [3.8, 4) is 0 Å². The maximum Gasteiger partial charge on any atom is 0.0926 e. The van der Waals surface area contributed by atoms with E-state index in [4.69, 9.17) is 0 Å². The molecule has 1 aliphatic heterocycles. The van der Waals surface area contributed by atoms with Crippen molar-refractivity contribution in [3.05, 3.63) is 16.1 Å². The molecule has 0 bridgehead atoms. The number of likely N-dealkylation sites (tertiary alicyclic amines) is 1. The molecule has 0 aliphatic carbocycles. The van der Waals surface area contributed by atoms with Gasteiger partial charge < -0.3 is 10.2 Å². The molecule has 1 fully saturated rings. The maximum absolute atomic E-state index is 4.55. The molecule has 0 unspecified atom stereocenters. The highest BCUT2D eigenvalue weighted by Crippen LogP contribution is 2.10. The highest BCUT2D eigenvalue weighted by molar-refractivity contribution is 7.09. The Kier molecular flexibility index (Phi) is 5.42. The molecule has 0 amide bonds. The Labute approximate surface area is 108 Å². The molecule has 1 aromatic rings. The lowest BCUT2D eigenvalue weighted by Gasteiger charge is -2.13. The minimum Gasteiger partial charge on any atom is -0.311 e. The Hall–Kier alpha value is -0.450. The van der Waals surface area contributed by atoms with Gasteiger partial charge >= 0.3 is 0 Å². The van der Waals surface area contributed by atoms with Crippen LogP contribution in [0.4, 0.5) is 0 Å². The van der Waals surface area contributed by atoms with Gasteiger partial charge in [-0.2, -0.15) is 0 Å². The molecule has 17 heavy (non-hydrogen) atoms. The standard InChI is InChI=1S/C13H23N3S/c1-2-13-15-12(11-17-13)10-14-6-5-9-16-7-3-4-8-16/h11,14H,2-10H2,1H3. The average Bonchev–Trinajstić information content (AvgIpc) is 2.99. The van der Waals surface area contributed by atoms with Crippen molar-refractivity contribution >= 4 is 11.3 Å². The third kappa shape index (κ3) is 4.37. The van der Waals surface area contributed by atoms with E-state index in [0.29, 0.717) is 0 Å². The van der Waals surface area contributed by atoms with Gasteiger partial charge in [0.2, 0.25) is 0 Å². The molecule has 1 aromatic heterocycles. The minimum absolute atomic E-state index is 0.927. The van der Waals surface area contributed by atoms with Crippen LogP contribution in [0.1, 0.15) is 36.9 Å². The van der Waals surface area contributed by atoms with Crippen LogP contribution >= 0.6 is 11.3 Å². The molecule has 1 saturated heterocycles. The molecule has 3 nitrogen and oxygen atoms in total. The predicted molar refractivity (Wildman–Crippen MR) is 73.5 cm³/mol. The number of aryl methyl sites for hydroxylation is 1. The summed E-state index contributed by atoms with van der Waals surface area (Å²) in [5.41, 5.74) is 1.20. The van der Waals surface area contributed by atoms with E-state index in [1.807, 2.05) is 0 Å². The maximum atomic E-state index is 4.55. The zero-order valence-corrected chi connectivity index (χ0v) is 11.6. The van der Waals surface area contributed by atoms with E-state index in [1.54, 1.807) is 11.3 Å². The van der Waals surface area contributed by atoms with Crippen LogP contribution in [-0.2, 0) is 13.0 Å². The van der Waals surface area contributed by atoms with Crippen molar-refractivity contribution < 1.29 is 0 Å². The molecule has 96 valence electrons. The number of aromatic nitrogens is 1. The fourth-order valence-electron chi connectivity index (χ4n) is 2.24. The smallest absolute Gasteiger partial charge is 0.0926 e. The van der Waals surface area contributed by atoms with Gasteiger partial charge in [0.15, 0.2) is 0 Å². The van der Waals surface area contributed by atoms with Crippen LogP contribution in [0.5, 0.6) is 0 Å².